The van der Waals surface area contributed by atoms with Gasteiger partial charge in [-0.3, -0.25) is 9.88 Å². The van der Waals surface area contributed by atoms with Crippen LogP contribution in [0.3, 0.4) is 0 Å². The molecule has 0 saturated carbocycles. The Bertz CT molecular complexity index is 1580. The molecule has 7 heteroatoms. The maximum absolute atomic E-state index is 4.97. The lowest BCUT2D eigenvalue weighted by atomic mass is 10.0. The first-order valence-electron chi connectivity index (χ1n) is 13.8. The van der Waals surface area contributed by atoms with Crippen LogP contribution in [0.2, 0.25) is 0 Å². The molecule has 0 bridgehead atoms. The minimum absolute atomic E-state index is 0.533. The molecular formula is C33H30N7. The van der Waals surface area contributed by atoms with Crippen LogP contribution in [0.5, 0.6) is 0 Å². The van der Waals surface area contributed by atoms with Crippen molar-refractivity contribution >= 4 is 11.4 Å². The molecule has 2 aromatic heterocycles. The molecule has 0 amide bonds. The topological polar surface area (TPSA) is 70.1 Å². The summed E-state index contributed by atoms with van der Waals surface area (Å²) in [4.78, 5) is 14.1. The molecule has 4 heterocycles. The lowest BCUT2D eigenvalue weighted by molar-refractivity contribution is 0.204. The van der Waals surface area contributed by atoms with E-state index in [1.807, 2.05) is 42.5 Å². The smallest absolute Gasteiger partial charge is 0.182 e. The fourth-order valence-corrected chi connectivity index (χ4v) is 5.65. The number of piperidine rings is 1. The van der Waals surface area contributed by atoms with Crippen molar-refractivity contribution in [1.29, 1.82) is 0 Å². The Labute approximate surface area is 234 Å². The average Bonchev–Trinajstić information content (AvgIpc) is 3.47. The number of hydrogen-bond donors (Lipinski definition) is 1. The van der Waals surface area contributed by atoms with E-state index in [4.69, 9.17) is 4.98 Å². The van der Waals surface area contributed by atoms with Gasteiger partial charge in [-0.2, -0.15) is 0 Å². The second kappa shape index (κ2) is 10.9. The summed E-state index contributed by atoms with van der Waals surface area (Å²) in [6.45, 7) is 5.25. The van der Waals surface area contributed by atoms with Gasteiger partial charge in [0.2, 0.25) is 0 Å². The van der Waals surface area contributed by atoms with Crippen LogP contribution >= 0.6 is 0 Å². The standard InChI is InChI=1S/C33H30N7/c1-2-6-25(7-3-1)32-31(36-33(38-37-32)27-14-18-34-19-15-27)26-12-10-24(11-13-26)22-39-20-16-28(17-21-39)40-23-35-29-8-4-5-9-30(29)40/h1-15,18-19,23,28,35H,16-17,20-22H2. The normalized spacial score (nSPS) is 15.6. The molecule has 5 aromatic rings. The summed E-state index contributed by atoms with van der Waals surface area (Å²) in [7, 11) is 0. The van der Waals surface area contributed by atoms with Crippen LogP contribution in [-0.4, -0.2) is 44.2 Å². The van der Waals surface area contributed by atoms with Gasteiger partial charge in [0.15, 0.2) is 5.82 Å². The predicted octanol–water partition coefficient (Wildman–Crippen LogP) is 6.28. The number of benzene rings is 3. The maximum atomic E-state index is 4.97. The van der Waals surface area contributed by atoms with Gasteiger partial charge in [-0.1, -0.05) is 66.7 Å². The molecule has 7 rings (SSSR count). The molecule has 2 aliphatic rings. The zero-order valence-corrected chi connectivity index (χ0v) is 22.2. The first-order valence-corrected chi connectivity index (χ1v) is 13.8. The highest BCUT2D eigenvalue weighted by Crippen LogP contribution is 2.36. The number of fused-ring (bicyclic) bond motifs is 1. The van der Waals surface area contributed by atoms with E-state index < -0.39 is 0 Å². The van der Waals surface area contributed by atoms with Gasteiger partial charge in [-0.15, -0.1) is 10.2 Å². The summed E-state index contributed by atoms with van der Waals surface area (Å²) in [6, 6.07) is 31.8. The van der Waals surface area contributed by atoms with E-state index in [0.29, 0.717) is 11.9 Å². The molecule has 0 aliphatic carbocycles. The lowest BCUT2D eigenvalue weighted by Gasteiger charge is -2.37. The van der Waals surface area contributed by atoms with Crippen LogP contribution in [0.1, 0.15) is 18.4 Å². The number of pyridine rings is 1. The molecule has 197 valence electrons. The van der Waals surface area contributed by atoms with Crippen LogP contribution in [0.15, 0.2) is 103 Å². The van der Waals surface area contributed by atoms with Gasteiger partial charge >= 0.3 is 0 Å². The summed E-state index contributed by atoms with van der Waals surface area (Å²) in [5.74, 6) is 0.595. The zero-order chi connectivity index (χ0) is 26.7. The van der Waals surface area contributed by atoms with Gasteiger partial charge in [0.05, 0.1) is 11.4 Å². The molecule has 0 atom stereocenters. The number of aromatic nitrogens is 4. The molecule has 40 heavy (non-hydrogen) atoms. The van der Waals surface area contributed by atoms with Gasteiger partial charge in [0.1, 0.15) is 18.1 Å². The van der Waals surface area contributed by atoms with Gasteiger partial charge in [-0.05, 0) is 42.7 Å². The Morgan fingerprint density at radius 3 is 2.23 bits per heavy atom. The van der Waals surface area contributed by atoms with E-state index >= 15 is 0 Å². The van der Waals surface area contributed by atoms with E-state index in [-0.39, 0.29) is 0 Å². The third-order valence-electron chi connectivity index (χ3n) is 7.80. The molecule has 0 spiro atoms. The number of nitrogens with zero attached hydrogens (tertiary/aromatic N) is 6. The zero-order valence-electron chi connectivity index (χ0n) is 22.2. The molecular weight excluding hydrogens is 494 g/mol. The summed E-state index contributed by atoms with van der Waals surface area (Å²) >= 11 is 0. The highest BCUT2D eigenvalue weighted by molar-refractivity contribution is 5.79. The molecule has 1 radical (unpaired) electrons. The van der Waals surface area contributed by atoms with Crippen LogP contribution < -0.4 is 10.2 Å². The molecule has 0 unspecified atom stereocenters. The largest absolute Gasteiger partial charge is 0.360 e. The van der Waals surface area contributed by atoms with E-state index in [1.54, 1.807) is 12.4 Å². The second-order valence-corrected chi connectivity index (χ2v) is 10.3. The van der Waals surface area contributed by atoms with Crippen molar-refractivity contribution in [2.24, 2.45) is 0 Å². The van der Waals surface area contributed by atoms with Crippen LogP contribution in [0.4, 0.5) is 11.4 Å². The molecule has 7 nitrogen and oxygen atoms in total. The highest BCUT2D eigenvalue weighted by Gasteiger charge is 2.29. The Hall–Kier alpha value is -4.62. The van der Waals surface area contributed by atoms with Crippen molar-refractivity contribution in [3.8, 4) is 33.9 Å². The minimum atomic E-state index is 0.533. The Kier molecular flexibility index (Phi) is 6.63. The van der Waals surface area contributed by atoms with E-state index in [9.17, 15) is 0 Å². The minimum Gasteiger partial charge on any atom is -0.360 e. The van der Waals surface area contributed by atoms with Gasteiger partial charge in [0, 0.05) is 54.8 Å². The number of nitrogens with one attached hydrogen (secondary N) is 1. The van der Waals surface area contributed by atoms with Crippen LogP contribution in [-0.2, 0) is 6.54 Å². The summed E-state index contributed by atoms with van der Waals surface area (Å²) in [5, 5.41) is 12.5. The number of likely N-dealkylation sites (tertiary alicyclic amines) is 1. The van der Waals surface area contributed by atoms with E-state index in [2.05, 4.69) is 85.5 Å². The van der Waals surface area contributed by atoms with Gasteiger partial charge in [-0.25, -0.2) is 4.98 Å². The van der Waals surface area contributed by atoms with Crippen molar-refractivity contribution in [1.82, 2.24) is 25.1 Å². The van der Waals surface area contributed by atoms with Gasteiger partial charge < -0.3 is 10.2 Å². The summed E-state index contributed by atoms with van der Waals surface area (Å²) in [6.07, 6.45) is 5.80. The first kappa shape index (κ1) is 24.4. The highest BCUT2D eigenvalue weighted by atomic mass is 15.3. The number of anilines is 2. The van der Waals surface area contributed by atoms with Crippen molar-refractivity contribution in [3.05, 3.63) is 116 Å². The number of hydrogen-bond acceptors (Lipinski definition) is 7. The second-order valence-electron chi connectivity index (χ2n) is 10.3. The third kappa shape index (κ3) is 4.92. The molecule has 2 aliphatic heterocycles. The van der Waals surface area contributed by atoms with Gasteiger partial charge in [0.25, 0.3) is 0 Å². The maximum Gasteiger partial charge on any atom is 0.182 e. The first-order chi connectivity index (χ1) is 19.8. The third-order valence-corrected chi connectivity index (χ3v) is 7.80. The average molecular weight is 525 g/mol. The van der Waals surface area contributed by atoms with E-state index in [1.165, 1.54) is 16.9 Å². The molecule has 1 saturated heterocycles. The number of para-hydroxylation sites is 2. The summed E-state index contributed by atoms with van der Waals surface area (Å²) in [5.41, 5.74) is 8.33. The quantitative estimate of drug-likeness (QED) is 0.280. The monoisotopic (exact) mass is 524 g/mol. The Morgan fingerprint density at radius 1 is 0.700 bits per heavy atom. The molecule has 3 aromatic carbocycles. The fraction of sp³-hybridized carbons (Fsp3) is 0.182. The van der Waals surface area contributed by atoms with E-state index in [0.717, 1.165) is 60.6 Å². The molecule has 1 N–H and O–H groups in total. The molecule has 1 fully saturated rings. The lowest BCUT2D eigenvalue weighted by Crippen LogP contribution is -2.43. The predicted molar refractivity (Wildman–Crippen MR) is 159 cm³/mol. The number of rotatable bonds is 6. The van der Waals surface area contributed by atoms with Crippen LogP contribution in [0, 0.1) is 6.67 Å². The SMILES string of the molecule is [CH]1Nc2ccccc2N1C1CCN(Cc2ccc(-c3nc(-c4ccncc4)nnc3-c3ccccc3)cc2)CC1. The Morgan fingerprint density at radius 2 is 1.43 bits per heavy atom. The fourth-order valence-electron chi connectivity index (χ4n) is 5.65. The summed E-state index contributed by atoms with van der Waals surface area (Å²) < 4.78 is 0. The van der Waals surface area contributed by atoms with Crippen LogP contribution in [0.25, 0.3) is 33.9 Å². The van der Waals surface area contributed by atoms with Crippen molar-refractivity contribution in [2.75, 3.05) is 23.3 Å². The van der Waals surface area contributed by atoms with Crippen molar-refractivity contribution in [2.45, 2.75) is 25.4 Å². The van der Waals surface area contributed by atoms with Crippen molar-refractivity contribution in [3.63, 3.8) is 0 Å². The van der Waals surface area contributed by atoms with Crippen molar-refractivity contribution < 1.29 is 0 Å². The Balaban J connectivity index is 1.07.